The van der Waals surface area contributed by atoms with Crippen molar-refractivity contribution in [3.05, 3.63) is 71.8 Å². The first kappa shape index (κ1) is 18.4. The van der Waals surface area contributed by atoms with Gasteiger partial charge in [0.15, 0.2) is 5.78 Å². The average molecular weight is 384 g/mol. The molecular weight excluding hydrogens is 360 g/mol. The molecule has 2 aromatic carbocycles. The lowest BCUT2D eigenvalue weighted by Gasteiger charge is -2.39. The van der Waals surface area contributed by atoms with E-state index in [1.807, 2.05) is 74.5 Å². The smallest absolute Gasteiger partial charge is 0.265 e. The summed E-state index contributed by atoms with van der Waals surface area (Å²) in [4.78, 5) is 14.1. The first-order chi connectivity index (χ1) is 12.7. The number of rotatable bonds is 4. The molecule has 0 radical (unpaired) electrons. The molecule has 2 aliphatic carbocycles. The molecular formula is C22H24O4S. The summed E-state index contributed by atoms with van der Waals surface area (Å²) in [6, 6.07) is 19.3. The Bertz CT molecular complexity index is 940. The molecule has 1 N–H and O–H groups in total. The Morgan fingerprint density at radius 3 is 1.89 bits per heavy atom. The van der Waals surface area contributed by atoms with Gasteiger partial charge < -0.3 is 0 Å². The maximum absolute atomic E-state index is 14.1. The van der Waals surface area contributed by atoms with Crippen LogP contribution in [0.4, 0.5) is 0 Å². The van der Waals surface area contributed by atoms with Gasteiger partial charge in [-0.15, -0.1) is 0 Å². The largest absolute Gasteiger partial charge is 0.298 e. The zero-order chi connectivity index (χ0) is 19.5. The number of fused-ring (bicyclic) bond motifs is 2. The van der Waals surface area contributed by atoms with Gasteiger partial charge in [-0.05, 0) is 35.3 Å². The summed E-state index contributed by atoms with van der Waals surface area (Å²) in [5.41, 5.74) is -0.732. The van der Waals surface area contributed by atoms with Crippen LogP contribution < -0.4 is 0 Å². The van der Waals surface area contributed by atoms with Crippen molar-refractivity contribution in [2.45, 2.75) is 32.1 Å². The predicted molar refractivity (Wildman–Crippen MR) is 104 cm³/mol. The minimum Gasteiger partial charge on any atom is -0.298 e. The highest BCUT2D eigenvalue weighted by Gasteiger charge is 2.76. The minimum absolute atomic E-state index is 0.0379. The van der Waals surface area contributed by atoms with Crippen LogP contribution in [0.15, 0.2) is 60.7 Å². The van der Waals surface area contributed by atoms with E-state index in [9.17, 15) is 17.8 Å². The minimum atomic E-state index is -4.29. The number of carbonyl (C=O) groups is 1. The van der Waals surface area contributed by atoms with Crippen molar-refractivity contribution < 1.29 is 17.8 Å². The van der Waals surface area contributed by atoms with Crippen LogP contribution in [-0.2, 0) is 20.3 Å². The Balaban J connectivity index is 2.04. The number of hydrogen-bond acceptors (Lipinski definition) is 3. The zero-order valence-electron chi connectivity index (χ0n) is 15.6. The van der Waals surface area contributed by atoms with Gasteiger partial charge in [0.05, 0.1) is 16.6 Å². The molecule has 2 fully saturated rings. The summed E-state index contributed by atoms with van der Waals surface area (Å²) in [6.45, 7) is 3.97. The van der Waals surface area contributed by atoms with Gasteiger partial charge >= 0.3 is 0 Å². The zero-order valence-corrected chi connectivity index (χ0v) is 16.4. The SMILES string of the molecule is CC1(C)C2CCC1(CS(=O)(=O)O)C(=O)C2(c1ccccc1)c1ccccc1. The van der Waals surface area contributed by atoms with Gasteiger partial charge in [0.1, 0.15) is 0 Å². The number of Topliss-reactive ketones (excluding diaryl/α,β-unsaturated/α-hetero) is 1. The van der Waals surface area contributed by atoms with E-state index in [2.05, 4.69) is 0 Å². The Morgan fingerprint density at radius 2 is 1.44 bits per heavy atom. The summed E-state index contributed by atoms with van der Waals surface area (Å²) in [7, 11) is -4.29. The fourth-order valence-electron chi connectivity index (χ4n) is 5.98. The molecule has 142 valence electrons. The molecule has 0 spiro atoms. The first-order valence-electron chi connectivity index (χ1n) is 9.27. The third-order valence-electron chi connectivity index (χ3n) is 7.17. The summed E-state index contributed by atoms with van der Waals surface area (Å²) in [5, 5.41) is 0. The van der Waals surface area contributed by atoms with Crippen molar-refractivity contribution in [3.63, 3.8) is 0 Å². The Kier molecular flexibility index (Phi) is 3.92. The van der Waals surface area contributed by atoms with E-state index in [0.717, 1.165) is 17.5 Å². The molecule has 0 heterocycles. The van der Waals surface area contributed by atoms with E-state index >= 15 is 0 Å². The fourth-order valence-corrected chi connectivity index (χ4v) is 7.25. The highest BCUT2D eigenvalue weighted by Crippen LogP contribution is 2.72. The molecule has 2 atom stereocenters. The van der Waals surface area contributed by atoms with Gasteiger partial charge in [0.2, 0.25) is 0 Å². The molecule has 0 saturated heterocycles. The monoisotopic (exact) mass is 384 g/mol. The number of benzene rings is 2. The van der Waals surface area contributed by atoms with Crippen LogP contribution in [0.5, 0.6) is 0 Å². The quantitative estimate of drug-likeness (QED) is 0.813. The van der Waals surface area contributed by atoms with Crippen molar-refractivity contribution in [1.82, 2.24) is 0 Å². The van der Waals surface area contributed by atoms with Crippen molar-refractivity contribution in [2.24, 2.45) is 16.7 Å². The molecule has 2 unspecified atom stereocenters. The van der Waals surface area contributed by atoms with Crippen LogP contribution in [0.25, 0.3) is 0 Å². The lowest BCUT2D eigenvalue weighted by Crippen LogP contribution is -2.48. The van der Waals surface area contributed by atoms with E-state index in [1.54, 1.807) is 0 Å². The second-order valence-corrected chi connectivity index (χ2v) is 9.94. The lowest BCUT2D eigenvalue weighted by atomic mass is 9.61. The maximum atomic E-state index is 14.1. The van der Waals surface area contributed by atoms with Gasteiger partial charge in [-0.1, -0.05) is 74.5 Å². The van der Waals surface area contributed by atoms with E-state index in [1.165, 1.54) is 0 Å². The van der Waals surface area contributed by atoms with Crippen molar-refractivity contribution in [1.29, 1.82) is 0 Å². The predicted octanol–water partition coefficient (Wildman–Crippen LogP) is 3.87. The van der Waals surface area contributed by atoms with E-state index in [-0.39, 0.29) is 11.7 Å². The van der Waals surface area contributed by atoms with E-state index in [4.69, 9.17) is 0 Å². The molecule has 4 nitrogen and oxygen atoms in total. The summed E-state index contributed by atoms with van der Waals surface area (Å²) in [5.74, 6) is -0.626. The van der Waals surface area contributed by atoms with Gasteiger partial charge in [0, 0.05) is 0 Å². The molecule has 0 aromatic heterocycles. The molecule has 27 heavy (non-hydrogen) atoms. The molecule has 2 aliphatic rings. The summed E-state index contributed by atoms with van der Waals surface area (Å²) >= 11 is 0. The average Bonchev–Trinajstić information content (AvgIpc) is 2.95. The van der Waals surface area contributed by atoms with Crippen LogP contribution in [0.2, 0.25) is 0 Å². The molecule has 2 saturated carbocycles. The normalized spacial score (nSPS) is 28.4. The van der Waals surface area contributed by atoms with Gasteiger partial charge in [-0.3, -0.25) is 9.35 Å². The third-order valence-corrected chi connectivity index (χ3v) is 8.02. The Hall–Kier alpha value is -1.98. The number of hydrogen-bond donors (Lipinski definition) is 1. The first-order valence-corrected chi connectivity index (χ1v) is 10.9. The van der Waals surface area contributed by atoms with Crippen molar-refractivity contribution in [3.8, 4) is 0 Å². The third kappa shape index (κ3) is 2.31. The summed E-state index contributed by atoms with van der Waals surface area (Å²) < 4.78 is 33.5. The van der Waals surface area contributed by atoms with Crippen molar-refractivity contribution in [2.75, 3.05) is 5.75 Å². The van der Waals surface area contributed by atoms with Gasteiger partial charge in [0.25, 0.3) is 10.1 Å². The van der Waals surface area contributed by atoms with Crippen LogP contribution >= 0.6 is 0 Å². The van der Waals surface area contributed by atoms with Crippen LogP contribution in [0.1, 0.15) is 37.8 Å². The molecule has 2 aromatic rings. The summed E-state index contributed by atoms with van der Waals surface area (Å²) in [6.07, 6.45) is 1.24. The second kappa shape index (κ2) is 5.76. The molecule has 0 amide bonds. The standard InChI is InChI=1S/C22H24O4S/c1-20(2)18-13-14-21(20,15-27(24,25)26)19(23)22(18,16-9-5-3-6-10-16)17-11-7-4-8-12-17/h3-12,18H,13-15H2,1-2H3,(H,24,25,26). The fraction of sp³-hybridized carbons (Fsp3) is 0.409. The van der Waals surface area contributed by atoms with Crippen molar-refractivity contribution >= 4 is 15.9 Å². The number of carbonyl (C=O) groups excluding carboxylic acids is 1. The highest BCUT2D eigenvalue weighted by atomic mass is 32.2. The molecule has 4 rings (SSSR count). The van der Waals surface area contributed by atoms with Crippen LogP contribution in [0, 0.1) is 16.7 Å². The lowest BCUT2D eigenvalue weighted by molar-refractivity contribution is -0.131. The second-order valence-electron chi connectivity index (χ2n) is 8.49. The molecule has 0 aliphatic heterocycles. The Morgan fingerprint density at radius 1 is 0.963 bits per heavy atom. The maximum Gasteiger partial charge on any atom is 0.265 e. The molecule has 5 heteroatoms. The van der Waals surface area contributed by atoms with Crippen LogP contribution in [-0.4, -0.2) is 24.5 Å². The van der Waals surface area contributed by atoms with Gasteiger partial charge in [-0.2, -0.15) is 8.42 Å². The van der Waals surface area contributed by atoms with Gasteiger partial charge in [-0.25, -0.2) is 0 Å². The Labute approximate surface area is 160 Å². The highest BCUT2D eigenvalue weighted by molar-refractivity contribution is 7.85. The number of ketones is 1. The van der Waals surface area contributed by atoms with E-state index in [0.29, 0.717) is 6.42 Å². The van der Waals surface area contributed by atoms with E-state index < -0.39 is 32.1 Å². The topological polar surface area (TPSA) is 71.4 Å². The molecule has 2 bridgehead atoms. The van der Waals surface area contributed by atoms with Crippen LogP contribution in [0.3, 0.4) is 0 Å².